The molecule has 1 aliphatic heterocycles. The number of carboxylic acids is 1. The number of hydrogen-bond acceptors (Lipinski definition) is 4. The number of rotatable bonds is 7. The molecular weight excluding hydrogens is 482 g/mol. The lowest BCUT2D eigenvalue weighted by Gasteiger charge is -2.40. The lowest BCUT2D eigenvalue weighted by Crippen LogP contribution is -2.43. The maximum absolute atomic E-state index is 11.4. The molecule has 5 nitrogen and oxygen atoms in total. The molecule has 4 aromatic rings. The number of aromatic carboxylic acids is 1. The van der Waals surface area contributed by atoms with E-state index >= 15 is 0 Å². The fraction of sp³-hybridized carbons (Fsp3) is 0.290. The Morgan fingerprint density at radius 3 is 2.57 bits per heavy atom. The molecule has 37 heavy (non-hydrogen) atoms. The number of benzene rings is 3. The summed E-state index contributed by atoms with van der Waals surface area (Å²) in [6.07, 6.45) is 2.51. The van der Waals surface area contributed by atoms with Gasteiger partial charge < -0.3 is 15.3 Å². The summed E-state index contributed by atoms with van der Waals surface area (Å²) in [6, 6.07) is 27.8. The molecule has 1 fully saturated rings. The molecule has 0 aliphatic carbocycles. The Morgan fingerprint density at radius 2 is 1.81 bits per heavy atom. The zero-order valence-corrected chi connectivity index (χ0v) is 22.1. The molecular formula is C31H34ClN3O2. The molecule has 3 aromatic carbocycles. The molecule has 5 rings (SSSR count). The summed E-state index contributed by atoms with van der Waals surface area (Å²) in [7, 11) is 0. The number of fused-ring (bicyclic) bond motifs is 1. The first-order valence-corrected chi connectivity index (χ1v) is 12.7. The molecule has 2 heterocycles. The van der Waals surface area contributed by atoms with Crippen molar-refractivity contribution in [3.05, 3.63) is 107 Å². The van der Waals surface area contributed by atoms with Gasteiger partial charge in [-0.3, -0.25) is 0 Å². The Morgan fingerprint density at radius 1 is 1.08 bits per heavy atom. The molecule has 0 amide bonds. The van der Waals surface area contributed by atoms with Crippen LogP contribution in [0.3, 0.4) is 0 Å². The van der Waals surface area contributed by atoms with E-state index in [0.717, 1.165) is 37.4 Å². The maximum atomic E-state index is 11.4. The molecule has 6 heteroatoms. The van der Waals surface area contributed by atoms with Crippen LogP contribution >= 0.6 is 12.4 Å². The molecule has 0 spiro atoms. The van der Waals surface area contributed by atoms with Gasteiger partial charge in [-0.2, -0.15) is 0 Å². The Labute approximate surface area is 225 Å². The maximum Gasteiger partial charge on any atom is 0.337 e. The second kappa shape index (κ2) is 11.8. The van der Waals surface area contributed by atoms with Crippen LogP contribution < -0.4 is 10.2 Å². The van der Waals surface area contributed by atoms with E-state index in [0.29, 0.717) is 11.8 Å². The van der Waals surface area contributed by atoms with Crippen LogP contribution in [0.1, 0.15) is 52.4 Å². The summed E-state index contributed by atoms with van der Waals surface area (Å²) in [5.74, 6) is 0.785. The number of anilines is 1. The molecule has 3 atom stereocenters. The predicted octanol–water partition coefficient (Wildman–Crippen LogP) is 6.62. The number of piperidine rings is 1. The first-order valence-electron chi connectivity index (χ1n) is 12.7. The highest BCUT2D eigenvalue weighted by molar-refractivity contribution is 5.88. The van der Waals surface area contributed by atoms with Gasteiger partial charge in [0.1, 0.15) is 5.82 Å². The van der Waals surface area contributed by atoms with E-state index in [1.807, 2.05) is 6.92 Å². The van der Waals surface area contributed by atoms with Gasteiger partial charge >= 0.3 is 5.97 Å². The zero-order chi connectivity index (χ0) is 25.1. The van der Waals surface area contributed by atoms with E-state index in [9.17, 15) is 9.90 Å². The fourth-order valence-electron chi connectivity index (χ4n) is 5.60. The van der Waals surface area contributed by atoms with Crippen LogP contribution in [0.4, 0.5) is 5.82 Å². The molecule has 1 aliphatic rings. The smallest absolute Gasteiger partial charge is 0.337 e. The third-order valence-corrected chi connectivity index (χ3v) is 7.56. The van der Waals surface area contributed by atoms with Gasteiger partial charge in [-0.05, 0) is 66.3 Å². The predicted molar refractivity (Wildman–Crippen MR) is 153 cm³/mol. The number of nitrogens with one attached hydrogen (secondary N) is 1. The third kappa shape index (κ3) is 5.79. The minimum absolute atomic E-state index is 0. The number of carbonyl (C=O) groups is 1. The number of carboxylic acid groups (broad SMARTS) is 1. The van der Waals surface area contributed by atoms with E-state index in [4.69, 9.17) is 0 Å². The lowest BCUT2D eigenvalue weighted by molar-refractivity contribution is 0.0696. The SMILES string of the molecule is Cc1cc(C(=O)O)cnc1N1CCC(CN[C@H](C)c2cccc3ccccc23)C(c2ccccc2)C1.Cl. The van der Waals surface area contributed by atoms with Crippen molar-refractivity contribution < 1.29 is 9.90 Å². The van der Waals surface area contributed by atoms with E-state index in [1.54, 1.807) is 6.07 Å². The number of aromatic nitrogens is 1. The van der Waals surface area contributed by atoms with Crippen LogP contribution in [-0.2, 0) is 0 Å². The second-order valence-corrected chi connectivity index (χ2v) is 9.88. The normalized spacial score (nSPS) is 18.3. The van der Waals surface area contributed by atoms with Crippen molar-refractivity contribution in [2.24, 2.45) is 5.92 Å². The Balaban J connectivity index is 0.00000320. The number of pyridine rings is 1. The second-order valence-electron chi connectivity index (χ2n) is 9.88. The Bertz CT molecular complexity index is 1360. The third-order valence-electron chi connectivity index (χ3n) is 7.56. The Hall–Kier alpha value is -3.41. The summed E-state index contributed by atoms with van der Waals surface area (Å²) in [5, 5.41) is 15.7. The van der Waals surface area contributed by atoms with Crippen molar-refractivity contribution in [1.29, 1.82) is 0 Å². The summed E-state index contributed by atoms with van der Waals surface area (Å²) in [5.41, 5.74) is 3.81. The molecule has 192 valence electrons. The molecule has 2 unspecified atom stereocenters. The van der Waals surface area contributed by atoms with E-state index in [-0.39, 0.29) is 24.0 Å². The number of aryl methyl sites for hydroxylation is 1. The number of hydrogen-bond donors (Lipinski definition) is 2. The molecule has 2 N–H and O–H groups in total. The number of nitrogens with zero attached hydrogens (tertiary/aromatic N) is 2. The van der Waals surface area contributed by atoms with Gasteiger partial charge in [-0.25, -0.2) is 9.78 Å². The van der Waals surface area contributed by atoms with Crippen molar-refractivity contribution in [2.45, 2.75) is 32.2 Å². The lowest BCUT2D eigenvalue weighted by atomic mass is 9.80. The summed E-state index contributed by atoms with van der Waals surface area (Å²) in [6.45, 7) is 6.90. The van der Waals surface area contributed by atoms with Gasteiger partial charge in [-0.1, -0.05) is 72.8 Å². The molecule has 0 bridgehead atoms. The first-order chi connectivity index (χ1) is 17.5. The van der Waals surface area contributed by atoms with Crippen LogP contribution in [0.15, 0.2) is 85.1 Å². The van der Waals surface area contributed by atoms with Gasteiger partial charge in [0.15, 0.2) is 0 Å². The Kier molecular flexibility index (Phi) is 8.47. The van der Waals surface area contributed by atoms with Gasteiger partial charge in [0.2, 0.25) is 0 Å². The van der Waals surface area contributed by atoms with Gasteiger partial charge in [0, 0.05) is 31.2 Å². The van der Waals surface area contributed by atoms with Crippen LogP contribution in [0, 0.1) is 12.8 Å². The van der Waals surface area contributed by atoms with Crippen molar-refractivity contribution in [3.63, 3.8) is 0 Å². The van der Waals surface area contributed by atoms with Crippen LogP contribution in [0.2, 0.25) is 0 Å². The summed E-state index contributed by atoms with van der Waals surface area (Å²) in [4.78, 5) is 18.2. The van der Waals surface area contributed by atoms with Gasteiger partial charge in [0.05, 0.1) is 5.56 Å². The monoisotopic (exact) mass is 515 g/mol. The van der Waals surface area contributed by atoms with Crippen molar-refractivity contribution in [1.82, 2.24) is 10.3 Å². The highest BCUT2D eigenvalue weighted by Crippen LogP contribution is 2.35. The average molecular weight is 516 g/mol. The van der Waals surface area contributed by atoms with Crippen molar-refractivity contribution >= 4 is 35.0 Å². The average Bonchev–Trinajstić information content (AvgIpc) is 2.91. The van der Waals surface area contributed by atoms with E-state index in [2.05, 4.69) is 94.9 Å². The standard InChI is InChI=1S/C31H33N3O2.ClH/c1-21-17-26(31(35)36)19-33-30(21)34-16-15-25(29(20-34)24-9-4-3-5-10-24)18-32-22(2)27-14-8-12-23-11-6-7-13-28(23)27;/h3-14,17,19,22,25,29,32H,15-16,18,20H2,1-2H3,(H,35,36);1H/t22-,25?,29?;/m1./s1. The van der Waals surface area contributed by atoms with Gasteiger partial charge in [0.25, 0.3) is 0 Å². The molecule has 0 radical (unpaired) electrons. The minimum Gasteiger partial charge on any atom is -0.478 e. The van der Waals surface area contributed by atoms with E-state index < -0.39 is 5.97 Å². The van der Waals surface area contributed by atoms with Crippen LogP contribution in [0.5, 0.6) is 0 Å². The topological polar surface area (TPSA) is 65.5 Å². The zero-order valence-electron chi connectivity index (χ0n) is 21.3. The van der Waals surface area contributed by atoms with Gasteiger partial charge in [-0.15, -0.1) is 12.4 Å². The highest BCUT2D eigenvalue weighted by Gasteiger charge is 2.32. The van der Waals surface area contributed by atoms with Crippen molar-refractivity contribution in [2.75, 3.05) is 24.5 Å². The number of halogens is 1. The van der Waals surface area contributed by atoms with Crippen molar-refractivity contribution in [3.8, 4) is 0 Å². The van der Waals surface area contributed by atoms with Crippen LogP contribution in [-0.4, -0.2) is 35.7 Å². The van der Waals surface area contributed by atoms with E-state index in [1.165, 1.54) is 28.1 Å². The molecule has 1 aromatic heterocycles. The minimum atomic E-state index is -0.940. The fourth-order valence-corrected chi connectivity index (χ4v) is 5.60. The molecule has 0 saturated carbocycles. The van der Waals surface area contributed by atoms with Crippen LogP contribution in [0.25, 0.3) is 10.8 Å². The summed E-state index contributed by atoms with van der Waals surface area (Å²) >= 11 is 0. The largest absolute Gasteiger partial charge is 0.478 e. The highest BCUT2D eigenvalue weighted by atomic mass is 35.5. The summed E-state index contributed by atoms with van der Waals surface area (Å²) < 4.78 is 0. The quantitative estimate of drug-likeness (QED) is 0.289. The molecule has 1 saturated heterocycles. The first kappa shape index (κ1) is 26.6.